The van der Waals surface area contributed by atoms with Gasteiger partial charge in [0, 0.05) is 28.2 Å². The van der Waals surface area contributed by atoms with Gasteiger partial charge in [0.15, 0.2) is 0 Å². The van der Waals surface area contributed by atoms with Crippen LogP contribution in [0.2, 0.25) is 10.0 Å². The molecule has 0 atom stereocenters. The molecule has 0 unspecified atom stereocenters. The molecule has 1 aliphatic heterocycles. The van der Waals surface area contributed by atoms with Crippen LogP contribution in [0.3, 0.4) is 0 Å². The van der Waals surface area contributed by atoms with Crippen molar-refractivity contribution in [1.82, 2.24) is 10.2 Å². The molecular weight excluding hydrogens is 397 g/mol. The van der Waals surface area contributed by atoms with Crippen LogP contribution in [-0.4, -0.2) is 36.3 Å². The molecule has 7 heteroatoms. The van der Waals surface area contributed by atoms with Crippen LogP contribution in [0.1, 0.15) is 18.4 Å². The molecule has 1 fully saturated rings. The van der Waals surface area contributed by atoms with Gasteiger partial charge in [-0.25, -0.2) is 0 Å². The first-order valence-electron chi connectivity index (χ1n) is 9.29. The molecule has 0 aromatic heterocycles. The molecule has 2 N–H and O–H groups in total. The van der Waals surface area contributed by atoms with Gasteiger partial charge in [0.1, 0.15) is 0 Å². The highest BCUT2D eigenvalue weighted by atomic mass is 35.5. The zero-order valence-electron chi connectivity index (χ0n) is 15.5. The second kappa shape index (κ2) is 9.92. The van der Waals surface area contributed by atoms with Crippen LogP contribution < -0.4 is 10.6 Å². The Morgan fingerprint density at radius 1 is 1.00 bits per heavy atom. The van der Waals surface area contributed by atoms with E-state index in [1.54, 1.807) is 18.2 Å². The van der Waals surface area contributed by atoms with E-state index in [0.717, 1.165) is 18.4 Å². The van der Waals surface area contributed by atoms with Gasteiger partial charge in [-0.2, -0.15) is 0 Å². The summed E-state index contributed by atoms with van der Waals surface area (Å²) in [5, 5.41) is 6.77. The smallest absolute Gasteiger partial charge is 0.238 e. The molecule has 28 heavy (non-hydrogen) atoms. The molecule has 3 rings (SSSR count). The number of hydrogen-bond acceptors (Lipinski definition) is 3. The first kappa shape index (κ1) is 20.6. The lowest BCUT2D eigenvalue weighted by atomic mass is 9.96. The van der Waals surface area contributed by atoms with E-state index in [4.69, 9.17) is 23.2 Å². The minimum atomic E-state index is -0.120. The molecule has 148 valence electrons. The Bertz CT molecular complexity index is 801. The Labute approximate surface area is 175 Å². The maximum Gasteiger partial charge on any atom is 0.238 e. The summed E-state index contributed by atoms with van der Waals surface area (Å²) in [7, 11) is 0. The van der Waals surface area contributed by atoms with Gasteiger partial charge in [-0.3, -0.25) is 14.5 Å². The monoisotopic (exact) mass is 419 g/mol. The number of carbonyl (C=O) groups excluding carboxylic acids is 2. The highest BCUT2D eigenvalue weighted by molar-refractivity contribution is 6.35. The van der Waals surface area contributed by atoms with Crippen LogP contribution in [0.25, 0.3) is 0 Å². The number of rotatable bonds is 6. The van der Waals surface area contributed by atoms with E-state index in [9.17, 15) is 9.59 Å². The second-order valence-corrected chi connectivity index (χ2v) is 7.83. The molecule has 5 nitrogen and oxygen atoms in total. The molecule has 1 aliphatic rings. The number of likely N-dealkylation sites (tertiary alicyclic amines) is 1. The van der Waals surface area contributed by atoms with Gasteiger partial charge in [-0.05, 0) is 49.7 Å². The summed E-state index contributed by atoms with van der Waals surface area (Å²) >= 11 is 11.9. The van der Waals surface area contributed by atoms with E-state index in [2.05, 4.69) is 15.5 Å². The number of piperidine rings is 1. The summed E-state index contributed by atoms with van der Waals surface area (Å²) in [5.74, 6) is -0.0402. The van der Waals surface area contributed by atoms with E-state index in [1.165, 1.54) is 0 Å². The maximum absolute atomic E-state index is 12.4. The molecule has 0 spiro atoms. The lowest BCUT2D eigenvalue weighted by Crippen LogP contribution is -2.43. The lowest BCUT2D eigenvalue weighted by molar-refractivity contribution is -0.126. The zero-order chi connectivity index (χ0) is 19.9. The number of anilines is 1. The van der Waals surface area contributed by atoms with Crippen molar-refractivity contribution in [3.63, 3.8) is 0 Å². The van der Waals surface area contributed by atoms with Crippen molar-refractivity contribution in [1.29, 1.82) is 0 Å². The SMILES string of the molecule is O=C(CN1CCC(C(=O)NCc2ccccc2)CC1)Nc1cc(Cl)cc(Cl)c1. The van der Waals surface area contributed by atoms with Crippen molar-refractivity contribution in [3.05, 3.63) is 64.1 Å². The molecule has 0 aliphatic carbocycles. The molecular formula is C21H23Cl2N3O2. The lowest BCUT2D eigenvalue weighted by Gasteiger charge is -2.30. The van der Waals surface area contributed by atoms with E-state index < -0.39 is 0 Å². The highest BCUT2D eigenvalue weighted by Gasteiger charge is 2.25. The third-order valence-corrected chi connectivity index (χ3v) is 5.22. The van der Waals surface area contributed by atoms with Crippen molar-refractivity contribution in [2.45, 2.75) is 19.4 Å². The number of carbonyl (C=O) groups is 2. The fourth-order valence-corrected chi connectivity index (χ4v) is 3.84. The number of nitrogens with one attached hydrogen (secondary N) is 2. The molecule has 1 heterocycles. The van der Waals surface area contributed by atoms with E-state index in [0.29, 0.717) is 35.4 Å². The normalized spacial score (nSPS) is 15.2. The second-order valence-electron chi connectivity index (χ2n) is 6.96. The van der Waals surface area contributed by atoms with Gasteiger partial charge >= 0.3 is 0 Å². The maximum atomic E-state index is 12.4. The predicted octanol–water partition coefficient (Wildman–Crippen LogP) is 3.96. The number of nitrogens with zero attached hydrogens (tertiary/aromatic N) is 1. The van der Waals surface area contributed by atoms with E-state index in [1.807, 2.05) is 30.3 Å². The minimum Gasteiger partial charge on any atom is -0.352 e. The largest absolute Gasteiger partial charge is 0.352 e. The number of hydrogen-bond donors (Lipinski definition) is 2. The van der Waals surface area contributed by atoms with Gasteiger partial charge in [-0.1, -0.05) is 53.5 Å². The average Bonchev–Trinajstić information content (AvgIpc) is 2.66. The molecule has 1 saturated heterocycles. The van der Waals surface area contributed by atoms with Crippen LogP contribution in [0.4, 0.5) is 5.69 Å². The quantitative estimate of drug-likeness (QED) is 0.744. The Kier molecular flexibility index (Phi) is 7.31. The van der Waals surface area contributed by atoms with Crippen LogP contribution in [0, 0.1) is 5.92 Å². The number of amides is 2. The summed E-state index contributed by atoms with van der Waals surface area (Å²) in [4.78, 5) is 26.7. The summed E-state index contributed by atoms with van der Waals surface area (Å²) in [6, 6.07) is 14.8. The predicted molar refractivity (Wildman–Crippen MR) is 113 cm³/mol. The molecule has 2 aromatic carbocycles. The van der Waals surface area contributed by atoms with Crippen LogP contribution in [-0.2, 0) is 16.1 Å². The first-order valence-corrected chi connectivity index (χ1v) is 10.0. The topological polar surface area (TPSA) is 61.4 Å². The molecule has 2 amide bonds. The van der Waals surface area contributed by atoms with Crippen LogP contribution in [0.15, 0.2) is 48.5 Å². The van der Waals surface area contributed by atoms with Crippen molar-refractivity contribution in [3.8, 4) is 0 Å². The summed E-state index contributed by atoms with van der Waals surface area (Å²) in [6.45, 7) is 2.26. The van der Waals surface area contributed by atoms with Crippen LogP contribution >= 0.6 is 23.2 Å². The molecule has 0 bridgehead atoms. The molecule has 2 aromatic rings. The standard InChI is InChI=1S/C21H23Cl2N3O2/c22-17-10-18(23)12-19(11-17)25-20(27)14-26-8-6-16(7-9-26)21(28)24-13-15-4-2-1-3-5-15/h1-5,10-12,16H,6-9,13-14H2,(H,24,28)(H,25,27). The third kappa shape index (κ3) is 6.23. The fraction of sp³-hybridized carbons (Fsp3) is 0.333. The summed E-state index contributed by atoms with van der Waals surface area (Å²) in [6.07, 6.45) is 1.49. The van der Waals surface area contributed by atoms with Gasteiger partial charge in [0.05, 0.1) is 6.54 Å². The molecule has 0 radical (unpaired) electrons. The Balaban J connectivity index is 1.41. The fourth-order valence-electron chi connectivity index (χ4n) is 3.31. The third-order valence-electron chi connectivity index (χ3n) is 4.78. The highest BCUT2D eigenvalue weighted by Crippen LogP contribution is 2.23. The Morgan fingerprint density at radius 3 is 2.29 bits per heavy atom. The van der Waals surface area contributed by atoms with Crippen LogP contribution in [0.5, 0.6) is 0 Å². The van der Waals surface area contributed by atoms with Crippen molar-refractivity contribution in [2.24, 2.45) is 5.92 Å². The minimum absolute atomic E-state index is 0.00485. The number of benzene rings is 2. The average molecular weight is 420 g/mol. The van der Waals surface area contributed by atoms with E-state index in [-0.39, 0.29) is 24.3 Å². The van der Waals surface area contributed by atoms with Crippen molar-refractivity contribution in [2.75, 3.05) is 25.0 Å². The number of halogens is 2. The Morgan fingerprint density at radius 2 is 1.64 bits per heavy atom. The Hall–Kier alpha value is -2.08. The van der Waals surface area contributed by atoms with Gasteiger partial charge in [0.25, 0.3) is 0 Å². The van der Waals surface area contributed by atoms with Gasteiger partial charge < -0.3 is 10.6 Å². The summed E-state index contributed by atoms with van der Waals surface area (Å²) in [5.41, 5.74) is 1.67. The van der Waals surface area contributed by atoms with Crippen molar-refractivity contribution < 1.29 is 9.59 Å². The van der Waals surface area contributed by atoms with Gasteiger partial charge in [-0.15, -0.1) is 0 Å². The molecule has 0 saturated carbocycles. The summed E-state index contributed by atoms with van der Waals surface area (Å²) < 4.78 is 0. The van der Waals surface area contributed by atoms with Gasteiger partial charge in [0.2, 0.25) is 11.8 Å². The zero-order valence-corrected chi connectivity index (χ0v) is 17.0. The van der Waals surface area contributed by atoms with E-state index >= 15 is 0 Å². The van der Waals surface area contributed by atoms with Crippen molar-refractivity contribution >= 4 is 40.7 Å². The first-order chi connectivity index (χ1) is 13.5.